The Hall–Kier alpha value is -1.94. The molecule has 0 aliphatic heterocycles. The number of hydrogen-bond donors (Lipinski definition) is 3. The van der Waals surface area contributed by atoms with Crippen LogP contribution < -0.4 is 0 Å². The van der Waals surface area contributed by atoms with Crippen molar-refractivity contribution in [1.29, 1.82) is 0 Å². The summed E-state index contributed by atoms with van der Waals surface area (Å²) in [6.07, 6.45) is 27.0. The Morgan fingerprint density at radius 1 is 0.375 bits per heavy atom. The van der Waals surface area contributed by atoms with Crippen molar-refractivity contribution in [3.05, 3.63) is 0 Å². The van der Waals surface area contributed by atoms with Crippen LogP contribution in [0.2, 0.25) is 0 Å². The number of ether oxygens (including phenoxy) is 4. The average Bonchev–Trinajstić information content (AvgIpc) is 3.34. The zero-order chi connectivity index (χ0) is 53.6. The van der Waals surface area contributed by atoms with E-state index in [1.54, 1.807) is 0 Å². The fourth-order valence-corrected chi connectivity index (χ4v) is 9.22. The molecule has 0 aliphatic rings. The second kappa shape index (κ2) is 47.5. The van der Waals surface area contributed by atoms with Crippen LogP contribution in [0.5, 0.6) is 0 Å². The number of rotatable bonds is 53. The summed E-state index contributed by atoms with van der Waals surface area (Å²) in [5, 5.41) is 10.4. The minimum atomic E-state index is -4.93. The second-order valence-corrected chi connectivity index (χ2v) is 22.6. The summed E-state index contributed by atoms with van der Waals surface area (Å²) < 4.78 is 67.2. The van der Waals surface area contributed by atoms with Crippen molar-refractivity contribution in [2.75, 3.05) is 39.6 Å². The molecule has 5 atom stereocenters. The third-order valence-electron chi connectivity index (χ3n) is 12.0. The van der Waals surface area contributed by atoms with Gasteiger partial charge in [-0.05, 0) is 31.6 Å². The van der Waals surface area contributed by atoms with Crippen LogP contribution in [0.25, 0.3) is 0 Å². The summed E-state index contributed by atoms with van der Waals surface area (Å²) in [6.45, 7) is 6.94. The maximum Gasteiger partial charge on any atom is 0.472 e. The van der Waals surface area contributed by atoms with Gasteiger partial charge in [-0.25, -0.2) is 9.13 Å². The zero-order valence-electron chi connectivity index (χ0n) is 45.5. The van der Waals surface area contributed by atoms with Crippen LogP contribution in [0.3, 0.4) is 0 Å². The normalized spacial score (nSPS) is 14.6. The Balaban J connectivity index is 5.18. The smallest absolute Gasteiger partial charge is 0.462 e. The fourth-order valence-electron chi connectivity index (χ4n) is 7.64. The molecule has 0 fully saturated rings. The third-order valence-corrected chi connectivity index (χ3v) is 13.9. The maximum absolute atomic E-state index is 12.8. The molecule has 0 saturated carbocycles. The van der Waals surface area contributed by atoms with Gasteiger partial charge >= 0.3 is 39.5 Å². The van der Waals surface area contributed by atoms with Gasteiger partial charge in [-0.2, -0.15) is 0 Å². The van der Waals surface area contributed by atoms with Gasteiger partial charge in [-0.15, -0.1) is 0 Å². The number of phosphoric acid groups is 2. The molecule has 0 aromatic rings. The van der Waals surface area contributed by atoms with E-state index < -0.39 is 97.5 Å². The molecule has 426 valence electrons. The summed E-state index contributed by atoms with van der Waals surface area (Å²) in [5.74, 6) is -1.45. The van der Waals surface area contributed by atoms with Gasteiger partial charge in [0.15, 0.2) is 12.2 Å². The number of aliphatic hydroxyl groups is 1. The van der Waals surface area contributed by atoms with E-state index >= 15 is 0 Å². The van der Waals surface area contributed by atoms with Gasteiger partial charge in [0.05, 0.1) is 26.4 Å². The topological polar surface area (TPSA) is 237 Å². The zero-order valence-corrected chi connectivity index (χ0v) is 47.3. The Kier molecular flexibility index (Phi) is 46.2. The molecule has 2 unspecified atom stereocenters. The monoisotopic (exact) mass is 1070 g/mol. The number of phosphoric ester groups is 2. The number of carbonyl (C=O) groups is 4. The van der Waals surface area contributed by atoms with Crippen molar-refractivity contribution in [1.82, 2.24) is 0 Å². The number of aliphatic hydroxyl groups excluding tert-OH is 1. The Morgan fingerprint density at radius 3 is 0.944 bits per heavy atom. The summed E-state index contributed by atoms with van der Waals surface area (Å²) in [5.41, 5.74) is 0. The van der Waals surface area contributed by atoms with E-state index in [1.165, 1.54) is 38.5 Å². The van der Waals surface area contributed by atoms with Gasteiger partial charge in [-0.3, -0.25) is 37.3 Å². The molecule has 0 amide bonds. The van der Waals surface area contributed by atoms with Crippen LogP contribution in [0, 0.1) is 5.92 Å². The first kappa shape index (κ1) is 70.1. The molecule has 72 heavy (non-hydrogen) atoms. The first-order valence-electron chi connectivity index (χ1n) is 28.1. The number of hydrogen-bond acceptors (Lipinski definition) is 15. The minimum Gasteiger partial charge on any atom is -0.462 e. The molecular weight excluding hydrogens is 971 g/mol. The Bertz CT molecular complexity index is 1430. The molecule has 0 spiro atoms. The predicted molar refractivity (Wildman–Crippen MR) is 280 cm³/mol. The molecule has 0 bridgehead atoms. The Labute approximate surface area is 435 Å². The molecule has 17 nitrogen and oxygen atoms in total. The van der Waals surface area contributed by atoms with Crippen LogP contribution in [-0.4, -0.2) is 96.7 Å². The van der Waals surface area contributed by atoms with E-state index in [2.05, 4.69) is 34.6 Å². The van der Waals surface area contributed by atoms with Gasteiger partial charge in [0.1, 0.15) is 19.3 Å². The minimum absolute atomic E-state index is 0.103. The SMILES string of the molecule is CCCCCCCCCC(=O)OC[C@H](COP(=O)(O)OC[C@H](O)COP(=O)(O)OC[C@@H](COC(=O)CCCCCCCCC)OC(=O)CCCCCCCCCCC(C)C)OC(=O)CCCCCCCCC. The van der Waals surface area contributed by atoms with Gasteiger partial charge in [-0.1, -0.05) is 202 Å². The lowest BCUT2D eigenvalue weighted by Gasteiger charge is -2.21. The summed E-state index contributed by atoms with van der Waals surface area (Å²) >= 11 is 0. The second-order valence-electron chi connectivity index (χ2n) is 19.7. The van der Waals surface area contributed by atoms with Gasteiger partial charge in [0.2, 0.25) is 0 Å². The molecule has 0 radical (unpaired) electrons. The van der Waals surface area contributed by atoms with E-state index in [0.29, 0.717) is 25.7 Å². The van der Waals surface area contributed by atoms with Crippen LogP contribution in [0.4, 0.5) is 0 Å². The highest BCUT2D eigenvalue weighted by Gasteiger charge is 2.30. The quantitative estimate of drug-likeness (QED) is 0.0222. The van der Waals surface area contributed by atoms with Crippen LogP contribution >= 0.6 is 15.6 Å². The lowest BCUT2D eigenvalue weighted by molar-refractivity contribution is -0.161. The van der Waals surface area contributed by atoms with Crippen LogP contribution in [0.15, 0.2) is 0 Å². The Morgan fingerprint density at radius 2 is 0.639 bits per heavy atom. The summed E-state index contributed by atoms with van der Waals surface area (Å²) in [7, 11) is -9.85. The van der Waals surface area contributed by atoms with Crippen molar-refractivity contribution < 1.29 is 80.2 Å². The molecule has 0 rings (SSSR count). The third kappa shape index (κ3) is 47.8. The number of unbranched alkanes of at least 4 members (excludes halogenated alkanes) is 25. The summed E-state index contributed by atoms with van der Waals surface area (Å²) in [6, 6.07) is 0. The van der Waals surface area contributed by atoms with Gasteiger partial charge in [0, 0.05) is 25.7 Å². The van der Waals surface area contributed by atoms with Crippen molar-refractivity contribution in [2.24, 2.45) is 5.92 Å². The molecular formula is C53H102O17P2. The number of esters is 4. The number of carbonyl (C=O) groups excluding carboxylic acids is 4. The highest BCUT2D eigenvalue weighted by Crippen LogP contribution is 2.45. The van der Waals surface area contributed by atoms with Crippen LogP contribution in [0.1, 0.15) is 253 Å². The predicted octanol–water partition coefficient (Wildman–Crippen LogP) is 13.5. The molecule has 0 aromatic carbocycles. The van der Waals surface area contributed by atoms with E-state index in [0.717, 1.165) is 134 Å². The van der Waals surface area contributed by atoms with Crippen molar-refractivity contribution in [3.8, 4) is 0 Å². The highest BCUT2D eigenvalue weighted by atomic mass is 31.2. The first-order chi connectivity index (χ1) is 34.5. The highest BCUT2D eigenvalue weighted by molar-refractivity contribution is 7.47. The molecule has 19 heteroatoms. The van der Waals surface area contributed by atoms with E-state index in [4.69, 9.17) is 37.0 Å². The lowest BCUT2D eigenvalue weighted by atomic mass is 10.0. The first-order valence-corrected chi connectivity index (χ1v) is 31.1. The van der Waals surface area contributed by atoms with E-state index in [9.17, 15) is 43.2 Å². The average molecular weight is 1070 g/mol. The molecule has 0 aliphatic carbocycles. The van der Waals surface area contributed by atoms with E-state index in [1.807, 2.05) is 0 Å². The standard InChI is InChI=1S/C53H102O17P2/c1-6-9-12-15-20-26-31-36-50(55)63-42-48(69-52(57)38-33-28-22-17-14-11-8-3)44-67-71(59,60)65-40-47(54)41-66-72(61,62)68-45-49(43-64-51(56)37-32-27-21-16-13-10-7-2)70-53(58)39-34-29-24-19-18-23-25-30-35-46(4)5/h46-49,54H,6-45H2,1-5H3,(H,59,60)(H,61,62)/t47-,48+,49+/m0/s1. The maximum atomic E-state index is 12.8. The van der Waals surface area contributed by atoms with Crippen molar-refractivity contribution >= 4 is 39.5 Å². The van der Waals surface area contributed by atoms with Crippen LogP contribution in [-0.2, 0) is 65.4 Å². The van der Waals surface area contributed by atoms with Crippen molar-refractivity contribution in [3.63, 3.8) is 0 Å². The lowest BCUT2D eigenvalue weighted by Crippen LogP contribution is -2.30. The van der Waals surface area contributed by atoms with Gasteiger partial charge < -0.3 is 33.8 Å². The molecule has 0 saturated heterocycles. The van der Waals surface area contributed by atoms with E-state index in [-0.39, 0.29) is 25.7 Å². The summed E-state index contributed by atoms with van der Waals surface area (Å²) in [4.78, 5) is 71.3. The molecule has 0 heterocycles. The molecule has 3 N–H and O–H groups in total. The van der Waals surface area contributed by atoms with Crippen molar-refractivity contribution in [2.45, 2.75) is 271 Å². The fraction of sp³-hybridized carbons (Fsp3) is 0.925. The largest absolute Gasteiger partial charge is 0.472 e. The van der Waals surface area contributed by atoms with Gasteiger partial charge in [0.25, 0.3) is 0 Å². The molecule has 0 aromatic heterocycles.